The number of nitrogens with one attached hydrogen (secondary N) is 2. The van der Waals surface area contributed by atoms with Crippen LogP contribution >= 0.6 is 24.0 Å². The van der Waals surface area contributed by atoms with Gasteiger partial charge in [-0.25, -0.2) is 18.8 Å². The fourth-order valence-electron chi connectivity index (χ4n) is 3.64. The smallest absolute Gasteiger partial charge is 0.194 e. The van der Waals surface area contributed by atoms with Crippen LogP contribution in [0.2, 0.25) is 0 Å². The van der Waals surface area contributed by atoms with E-state index in [-0.39, 0.29) is 24.0 Å². The quantitative estimate of drug-likeness (QED) is 0.287. The predicted molar refractivity (Wildman–Crippen MR) is 132 cm³/mol. The van der Waals surface area contributed by atoms with Gasteiger partial charge in [0.1, 0.15) is 18.0 Å². The summed E-state index contributed by atoms with van der Waals surface area (Å²) >= 11 is 0. The van der Waals surface area contributed by atoms with Crippen LogP contribution < -0.4 is 10.2 Å². The van der Waals surface area contributed by atoms with Gasteiger partial charge in [-0.1, -0.05) is 18.2 Å². The van der Waals surface area contributed by atoms with E-state index >= 15 is 0 Å². The summed E-state index contributed by atoms with van der Waals surface area (Å²) in [6.45, 7) is 5.80. The minimum atomic E-state index is -0.429. The molecule has 0 radical (unpaired) electrons. The number of aromatic amines is 1. The van der Waals surface area contributed by atoms with E-state index in [0.29, 0.717) is 38.4 Å². The summed E-state index contributed by atoms with van der Waals surface area (Å²) in [7, 11) is 0. The minimum absolute atomic E-state index is 0. The van der Waals surface area contributed by atoms with E-state index in [2.05, 4.69) is 25.4 Å². The molecule has 4 rings (SSSR count). The van der Waals surface area contributed by atoms with Gasteiger partial charge in [0.25, 0.3) is 0 Å². The standard InChI is InChI=1S/C22H25F2N7.HI/c1-2-25-22(26-14-16-4-3-5-17(12-16)21-27-15-28-29-21)31-10-8-30(9-11-31)20-13-18(23)6-7-19(20)24;/h3-7,12-13,15H,2,8-11,14H2,1H3,(H,25,26)(H,27,28,29);1H. The molecule has 0 atom stereocenters. The van der Waals surface area contributed by atoms with Crippen molar-refractivity contribution in [1.82, 2.24) is 25.4 Å². The molecule has 32 heavy (non-hydrogen) atoms. The summed E-state index contributed by atoms with van der Waals surface area (Å²) < 4.78 is 27.7. The number of rotatable bonds is 5. The number of hydrogen-bond donors (Lipinski definition) is 2. The highest BCUT2D eigenvalue weighted by Crippen LogP contribution is 2.22. The highest BCUT2D eigenvalue weighted by Gasteiger charge is 2.22. The van der Waals surface area contributed by atoms with Crippen LogP contribution in [0.1, 0.15) is 12.5 Å². The predicted octanol–water partition coefficient (Wildman–Crippen LogP) is 3.66. The van der Waals surface area contributed by atoms with Crippen molar-refractivity contribution in [3.63, 3.8) is 0 Å². The summed E-state index contributed by atoms with van der Waals surface area (Å²) in [6, 6.07) is 11.6. The van der Waals surface area contributed by atoms with Crippen LogP contribution in [0.3, 0.4) is 0 Å². The Morgan fingerprint density at radius 2 is 1.94 bits per heavy atom. The maximum atomic E-state index is 14.1. The molecule has 1 aromatic heterocycles. The third kappa shape index (κ3) is 5.72. The van der Waals surface area contributed by atoms with Crippen molar-refractivity contribution < 1.29 is 8.78 Å². The molecule has 10 heteroatoms. The van der Waals surface area contributed by atoms with Crippen molar-refractivity contribution in [2.24, 2.45) is 4.99 Å². The SMILES string of the molecule is CCNC(=NCc1cccc(-c2ncn[nH]2)c1)N1CCN(c2cc(F)ccc2F)CC1.I. The third-order valence-electron chi connectivity index (χ3n) is 5.19. The van der Waals surface area contributed by atoms with Gasteiger partial charge in [0.15, 0.2) is 11.8 Å². The molecule has 170 valence electrons. The van der Waals surface area contributed by atoms with Gasteiger partial charge in [-0.05, 0) is 30.7 Å². The first-order chi connectivity index (χ1) is 15.1. The Morgan fingerprint density at radius 1 is 1.12 bits per heavy atom. The Kier molecular flexibility index (Phi) is 8.37. The second-order valence-electron chi connectivity index (χ2n) is 7.27. The number of H-pyrrole nitrogens is 1. The number of aromatic nitrogens is 3. The van der Waals surface area contributed by atoms with Crippen LogP contribution in [0.5, 0.6) is 0 Å². The molecule has 2 N–H and O–H groups in total. The Labute approximate surface area is 203 Å². The Morgan fingerprint density at radius 3 is 2.66 bits per heavy atom. The molecule has 7 nitrogen and oxygen atoms in total. The van der Waals surface area contributed by atoms with E-state index < -0.39 is 11.6 Å². The molecule has 0 saturated carbocycles. The first-order valence-corrected chi connectivity index (χ1v) is 10.3. The molecule has 0 amide bonds. The van der Waals surface area contributed by atoms with Crippen molar-refractivity contribution in [3.05, 3.63) is 66.0 Å². The summed E-state index contributed by atoms with van der Waals surface area (Å²) in [6.07, 6.45) is 1.48. The highest BCUT2D eigenvalue weighted by atomic mass is 127. The van der Waals surface area contributed by atoms with Crippen LogP contribution in [0.25, 0.3) is 11.4 Å². The van der Waals surface area contributed by atoms with Crippen molar-refractivity contribution in [3.8, 4) is 11.4 Å². The fourth-order valence-corrected chi connectivity index (χ4v) is 3.64. The topological polar surface area (TPSA) is 72.4 Å². The van der Waals surface area contributed by atoms with Crippen LogP contribution in [-0.4, -0.2) is 58.8 Å². The zero-order chi connectivity index (χ0) is 21.6. The molecular formula is C22H26F2IN7. The van der Waals surface area contributed by atoms with Crippen LogP contribution in [0.15, 0.2) is 53.8 Å². The van der Waals surface area contributed by atoms with Gasteiger partial charge in [0.05, 0.1) is 12.2 Å². The van der Waals surface area contributed by atoms with Crippen LogP contribution in [-0.2, 0) is 6.54 Å². The minimum Gasteiger partial charge on any atom is -0.366 e. The number of halogens is 3. The number of hydrogen-bond acceptors (Lipinski definition) is 4. The number of anilines is 1. The van der Waals surface area contributed by atoms with Crippen molar-refractivity contribution in [1.29, 1.82) is 0 Å². The van der Waals surface area contributed by atoms with E-state index in [0.717, 1.165) is 35.5 Å². The fraction of sp³-hybridized carbons (Fsp3) is 0.318. The largest absolute Gasteiger partial charge is 0.366 e. The molecule has 1 fully saturated rings. The number of nitrogens with zero attached hydrogens (tertiary/aromatic N) is 5. The van der Waals surface area contributed by atoms with Crippen molar-refractivity contribution in [2.45, 2.75) is 13.5 Å². The summed E-state index contributed by atoms with van der Waals surface area (Å²) in [5.74, 6) is 0.703. The second-order valence-corrected chi connectivity index (χ2v) is 7.27. The molecule has 1 saturated heterocycles. The van der Waals surface area contributed by atoms with E-state index in [1.807, 2.05) is 36.1 Å². The van der Waals surface area contributed by atoms with Crippen molar-refractivity contribution >= 4 is 35.6 Å². The van der Waals surface area contributed by atoms with Gasteiger partial charge >= 0.3 is 0 Å². The Balaban J connectivity index is 0.00000289. The summed E-state index contributed by atoms with van der Waals surface area (Å²) in [5, 5.41) is 10.1. The lowest BCUT2D eigenvalue weighted by Crippen LogP contribution is -2.52. The van der Waals surface area contributed by atoms with Gasteiger partial charge in [0, 0.05) is 44.4 Å². The van der Waals surface area contributed by atoms with Gasteiger partial charge in [-0.3, -0.25) is 5.10 Å². The maximum absolute atomic E-state index is 14.1. The van der Waals surface area contributed by atoms with E-state index in [1.54, 1.807) is 0 Å². The van der Waals surface area contributed by atoms with Gasteiger partial charge in [-0.2, -0.15) is 5.10 Å². The van der Waals surface area contributed by atoms with Crippen LogP contribution in [0, 0.1) is 11.6 Å². The first-order valence-electron chi connectivity index (χ1n) is 10.3. The molecule has 0 bridgehead atoms. The zero-order valence-corrected chi connectivity index (χ0v) is 20.1. The molecule has 1 aliphatic heterocycles. The normalized spacial score (nSPS) is 14.3. The molecular weight excluding hydrogens is 527 g/mol. The number of piperazine rings is 1. The van der Waals surface area contributed by atoms with E-state index in [9.17, 15) is 8.78 Å². The zero-order valence-electron chi connectivity index (χ0n) is 17.8. The number of aliphatic imine (C=N–C) groups is 1. The van der Waals surface area contributed by atoms with E-state index in [1.165, 1.54) is 18.5 Å². The molecule has 2 heterocycles. The van der Waals surface area contributed by atoms with Crippen molar-refractivity contribution in [2.75, 3.05) is 37.6 Å². The second kappa shape index (κ2) is 11.2. The molecule has 3 aromatic rings. The number of guanidine groups is 1. The molecule has 2 aromatic carbocycles. The molecule has 0 aliphatic carbocycles. The average molecular weight is 553 g/mol. The molecule has 0 unspecified atom stereocenters. The van der Waals surface area contributed by atoms with E-state index in [4.69, 9.17) is 4.99 Å². The lowest BCUT2D eigenvalue weighted by Gasteiger charge is -2.37. The molecule has 1 aliphatic rings. The van der Waals surface area contributed by atoms with Gasteiger partial charge in [0.2, 0.25) is 0 Å². The highest BCUT2D eigenvalue weighted by molar-refractivity contribution is 14.0. The summed E-state index contributed by atoms with van der Waals surface area (Å²) in [4.78, 5) is 13.0. The Hall–Kier alpha value is -2.76. The lowest BCUT2D eigenvalue weighted by molar-refractivity contribution is 0.370. The monoisotopic (exact) mass is 553 g/mol. The van der Waals surface area contributed by atoms with Gasteiger partial charge in [-0.15, -0.1) is 24.0 Å². The number of benzene rings is 2. The first kappa shape index (κ1) is 23.9. The lowest BCUT2D eigenvalue weighted by atomic mass is 10.1. The van der Waals surface area contributed by atoms with Crippen LogP contribution in [0.4, 0.5) is 14.5 Å². The maximum Gasteiger partial charge on any atom is 0.194 e. The average Bonchev–Trinajstić information content (AvgIpc) is 3.34. The molecule has 0 spiro atoms. The van der Waals surface area contributed by atoms with Gasteiger partial charge < -0.3 is 15.1 Å². The third-order valence-corrected chi connectivity index (χ3v) is 5.19. The summed E-state index contributed by atoms with van der Waals surface area (Å²) in [5.41, 5.74) is 2.33. The Bertz CT molecular complexity index is 1030.